The average Bonchev–Trinajstić information content (AvgIpc) is 2.18. The van der Waals surface area contributed by atoms with E-state index in [1.165, 1.54) is 0 Å². The first kappa shape index (κ1) is 12.4. The summed E-state index contributed by atoms with van der Waals surface area (Å²) in [4.78, 5) is 14.9. The Morgan fingerprint density at radius 2 is 2.07 bits per heavy atom. The minimum atomic E-state index is -0.741. The van der Waals surface area contributed by atoms with Gasteiger partial charge in [0.25, 0.3) is 0 Å². The van der Waals surface area contributed by atoms with Crippen LogP contribution in [0.4, 0.5) is 0 Å². The Bertz CT molecular complexity index is 199. The van der Waals surface area contributed by atoms with E-state index in [1.54, 1.807) is 0 Å². The molecule has 0 saturated carbocycles. The van der Waals surface area contributed by atoms with E-state index in [-0.39, 0.29) is 6.54 Å². The van der Waals surface area contributed by atoms with Crippen LogP contribution in [0, 0.1) is 0 Å². The molecule has 0 aliphatic carbocycles. The summed E-state index contributed by atoms with van der Waals surface area (Å²) in [5, 5.41) is 12.1. The Morgan fingerprint density at radius 1 is 1.27 bits per heavy atom. The molecule has 0 spiro atoms. The third kappa shape index (κ3) is 5.71. The van der Waals surface area contributed by atoms with Gasteiger partial charge in [-0.3, -0.25) is 9.69 Å². The topological polar surface area (TPSA) is 55.8 Å². The first-order valence-corrected chi connectivity index (χ1v) is 5.52. The van der Waals surface area contributed by atoms with Gasteiger partial charge in [0.05, 0.1) is 6.54 Å². The highest BCUT2D eigenvalue weighted by atomic mass is 16.4. The SMILES string of the molecule is CN1CCCNCCN(CC(=O)O)CC1. The molecule has 5 heteroatoms. The van der Waals surface area contributed by atoms with Crippen molar-refractivity contribution >= 4 is 5.97 Å². The molecule has 1 heterocycles. The van der Waals surface area contributed by atoms with Gasteiger partial charge in [-0.15, -0.1) is 0 Å². The van der Waals surface area contributed by atoms with Crippen LogP contribution in [0.2, 0.25) is 0 Å². The molecule has 0 radical (unpaired) electrons. The second-order valence-electron chi connectivity index (χ2n) is 4.08. The molecule has 1 rings (SSSR count). The first-order valence-electron chi connectivity index (χ1n) is 5.52. The van der Waals surface area contributed by atoms with E-state index in [2.05, 4.69) is 17.3 Å². The monoisotopic (exact) mass is 215 g/mol. The summed E-state index contributed by atoms with van der Waals surface area (Å²) >= 11 is 0. The fraction of sp³-hybridized carbons (Fsp3) is 0.900. The van der Waals surface area contributed by atoms with Gasteiger partial charge in [0.15, 0.2) is 0 Å². The number of rotatable bonds is 2. The van der Waals surface area contributed by atoms with Crippen molar-refractivity contribution in [2.24, 2.45) is 0 Å². The van der Waals surface area contributed by atoms with E-state index in [0.717, 1.165) is 45.7 Å². The van der Waals surface area contributed by atoms with E-state index >= 15 is 0 Å². The Balaban J connectivity index is 2.36. The molecule has 1 aliphatic rings. The fourth-order valence-electron chi connectivity index (χ4n) is 1.72. The van der Waals surface area contributed by atoms with Gasteiger partial charge in [0, 0.05) is 26.2 Å². The molecule has 0 bridgehead atoms. The maximum absolute atomic E-state index is 10.6. The highest BCUT2D eigenvalue weighted by Crippen LogP contribution is 1.94. The van der Waals surface area contributed by atoms with Crippen molar-refractivity contribution in [1.82, 2.24) is 15.1 Å². The van der Waals surface area contributed by atoms with Crippen LogP contribution in [0.15, 0.2) is 0 Å². The summed E-state index contributed by atoms with van der Waals surface area (Å²) in [6.45, 7) is 5.74. The summed E-state index contributed by atoms with van der Waals surface area (Å²) in [6.07, 6.45) is 1.16. The molecule has 0 aromatic carbocycles. The number of aliphatic carboxylic acids is 1. The highest BCUT2D eigenvalue weighted by molar-refractivity contribution is 5.69. The zero-order valence-corrected chi connectivity index (χ0v) is 9.41. The van der Waals surface area contributed by atoms with E-state index in [9.17, 15) is 4.79 Å². The predicted octanol–water partition coefficient (Wildman–Crippen LogP) is -0.702. The van der Waals surface area contributed by atoms with Crippen molar-refractivity contribution in [3.63, 3.8) is 0 Å². The van der Waals surface area contributed by atoms with Crippen LogP contribution in [0.3, 0.4) is 0 Å². The quantitative estimate of drug-likeness (QED) is 0.638. The van der Waals surface area contributed by atoms with E-state index in [4.69, 9.17) is 5.11 Å². The predicted molar refractivity (Wildman–Crippen MR) is 59.1 cm³/mol. The van der Waals surface area contributed by atoms with Crippen LogP contribution in [0.5, 0.6) is 0 Å². The lowest BCUT2D eigenvalue weighted by Crippen LogP contribution is -2.42. The van der Waals surface area contributed by atoms with Crippen molar-refractivity contribution < 1.29 is 9.90 Å². The lowest BCUT2D eigenvalue weighted by atomic mass is 10.3. The number of hydrogen-bond donors (Lipinski definition) is 2. The van der Waals surface area contributed by atoms with Crippen molar-refractivity contribution in [3.8, 4) is 0 Å². The van der Waals surface area contributed by atoms with Gasteiger partial charge < -0.3 is 15.3 Å². The Kier molecular flexibility index (Phi) is 5.60. The summed E-state index contributed by atoms with van der Waals surface area (Å²) in [5.74, 6) is -0.741. The molecule has 15 heavy (non-hydrogen) atoms. The summed E-state index contributed by atoms with van der Waals surface area (Å²) in [5.41, 5.74) is 0. The zero-order chi connectivity index (χ0) is 11.1. The molecule has 0 aromatic rings. The largest absolute Gasteiger partial charge is 0.480 e. The number of carboxylic acid groups (broad SMARTS) is 1. The standard InChI is InChI=1S/C10H21N3O2/c1-12-5-2-3-11-4-6-13(8-7-12)9-10(14)15/h11H,2-9H2,1H3,(H,14,15). The molecular formula is C10H21N3O2. The van der Waals surface area contributed by atoms with E-state index < -0.39 is 5.97 Å². The van der Waals surface area contributed by atoms with Crippen LogP contribution < -0.4 is 5.32 Å². The van der Waals surface area contributed by atoms with Gasteiger partial charge in [-0.05, 0) is 26.6 Å². The lowest BCUT2D eigenvalue weighted by Gasteiger charge is -2.26. The van der Waals surface area contributed by atoms with Crippen LogP contribution in [0.1, 0.15) is 6.42 Å². The third-order valence-corrected chi connectivity index (χ3v) is 2.66. The van der Waals surface area contributed by atoms with Crippen LogP contribution >= 0.6 is 0 Å². The third-order valence-electron chi connectivity index (χ3n) is 2.66. The number of likely N-dealkylation sites (N-methyl/N-ethyl adjacent to an activating group) is 1. The molecule has 1 aliphatic heterocycles. The second kappa shape index (κ2) is 6.76. The summed E-state index contributed by atoms with van der Waals surface area (Å²) in [7, 11) is 2.08. The smallest absolute Gasteiger partial charge is 0.317 e. The Labute approximate surface area is 91.0 Å². The van der Waals surface area contributed by atoms with Crippen LogP contribution in [0.25, 0.3) is 0 Å². The molecule has 1 fully saturated rings. The van der Waals surface area contributed by atoms with Crippen molar-refractivity contribution in [2.45, 2.75) is 6.42 Å². The molecule has 1 saturated heterocycles. The second-order valence-corrected chi connectivity index (χ2v) is 4.08. The maximum atomic E-state index is 10.6. The molecule has 0 unspecified atom stereocenters. The summed E-state index contributed by atoms with van der Waals surface area (Å²) < 4.78 is 0. The minimum Gasteiger partial charge on any atom is -0.480 e. The molecule has 0 amide bonds. The Morgan fingerprint density at radius 3 is 2.80 bits per heavy atom. The number of carboxylic acids is 1. The van der Waals surface area contributed by atoms with Gasteiger partial charge in [-0.2, -0.15) is 0 Å². The van der Waals surface area contributed by atoms with Gasteiger partial charge in [-0.1, -0.05) is 0 Å². The van der Waals surface area contributed by atoms with Gasteiger partial charge in [-0.25, -0.2) is 0 Å². The Hall–Kier alpha value is -0.650. The van der Waals surface area contributed by atoms with Gasteiger partial charge >= 0.3 is 5.97 Å². The highest BCUT2D eigenvalue weighted by Gasteiger charge is 2.11. The molecule has 5 nitrogen and oxygen atoms in total. The molecular weight excluding hydrogens is 194 g/mol. The molecule has 88 valence electrons. The maximum Gasteiger partial charge on any atom is 0.317 e. The van der Waals surface area contributed by atoms with Crippen molar-refractivity contribution in [3.05, 3.63) is 0 Å². The number of hydrogen-bond acceptors (Lipinski definition) is 4. The summed E-state index contributed by atoms with van der Waals surface area (Å²) in [6, 6.07) is 0. The van der Waals surface area contributed by atoms with Gasteiger partial charge in [0.2, 0.25) is 0 Å². The van der Waals surface area contributed by atoms with E-state index in [1.807, 2.05) is 4.90 Å². The molecule has 2 N–H and O–H groups in total. The molecule has 0 aromatic heterocycles. The fourth-order valence-corrected chi connectivity index (χ4v) is 1.72. The number of nitrogens with zero attached hydrogens (tertiary/aromatic N) is 2. The molecule has 0 atom stereocenters. The van der Waals surface area contributed by atoms with Crippen molar-refractivity contribution in [2.75, 3.05) is 52.9 Å². The first-order chi connectivity index (χ1) is 7.18. The number of carbonyl (C=O) groups is 1. The average molecular weight is 215 g/mol. The van der Waals surface area contributed by atoms with Crippen molar-refractivity contribution in [1.29, 1.82) is 0 Å². The normalized spacial score (nSPS) is 22.5. The minimum absolute atomic E-state index is 0.148. The van der Waals surface area contributed by atoms with E-state index in [0.29, 0.717) is 0 Å². The lowest BCUT2D eigenvalue weighted by molar-refractivity contribution is -0.138. The van der Waals surface area contributed by atoms with Crippen LogP contribution in [-0.4, -0.2) is 73.7 Å². The van der Waals surface area contributed by atoms with Gasteiger partial charge in [0.1, 0.15) is 0 Å². The van der Waals surface area contributed by atoms with Crippen LogP contribution in [-0.2, 0) is 4.79 Å². The zero-order valence-electron chi connectivity index (χ0n) is 9.41. The number of nitrogens with one attached hydrogen (secondary N) is 1.